The second-order valence-electron chi connectivity index (χ2n) is 3.46. The molecule has 0 aliphatic rings. The van der Waals surface area contributed by atoms with Gasteiger partial charge in [-0.05, 0) is 42.7 Å². The van der Waals surface area contributed by atoms with Crippen LogP contribution in [0.2, 0.25) is 0 Å². The Morgan fingerprint density at radius 3 is 2.35 bits per heavy atom. The minimum atomic E-state index is -0.236. The van der Waals surface area contributed by atoms with E-state index < -0.39 is 0 Å². The first-order chi connectivity index (χ1) is 8.29. The zero-order valence-corrected chi connectivity index (χ0v) is 10.2. The van der Waals surface area contributed by atoms with Crippen LogP contribution in [0.1, 0.15) is 11.1 Å². The smallest absolute Gasteiger partial charge is 0.123 e. The average molecular weight is 242 g/mol. The summed E-state index contributed by atoms with van der Waals surface area (Å²) in [6.45, 7) is 0. The number of halogens is 1. The quantitative estimate of drug-likeness (QED) is 0.539. The molecule has 0 atom stereocenters. The van der Waals surface area contributed by atoms with E-state index in [0.29, 0.717) is 0 Å². The van der Waals surface area contributed by atoms with Gasteiger partial charge < -0.3 is 0 Å². The first-order valence-corrected chi connectivity index (χ1v) is 6.42. The highest BCUT2D eigenvalue weighted by Crippen LogP contribution is 2.18. The van der Waals surface area contributed by atoms with E-state index in [1.807, 2.05) is 30.5 Å². The molecule has 0 saturated carbocycles. The van der Waals surface area contributed by atoms with Gasteiger partial charge in [0.2, 0.25) is 0 Å². The molecule has 0 heterocycles. The summed E-state index contributed by atoms with van der Waals surface area (Å²) in [6, 6.07) is 14.2. The summed E-state index contributed by atoms with van der Waals surface area (Å²) < 4.78 is 12.7. The summed E-state index contributed by atoms with van der Waals surface area (Å²) in [5.74, 6) is 5.90. The second-order valence-corrected chi connectivity index (χ2v) is 4.31. The molecule has 0 nitrogen and oxygen atoms in total. The molecule has 17 heavy (non-hydrogen) atoms. The molecule has 0 aliphatic carbocycles. The van der Waals surface area contributed by atoms with Crippen molar-refractivity contribution in [3.63, 3.8) is 0 Å². The zero-order valence-electron chi connectivity index (χ0n) is 9.41. The minimum Gasteiger partial charge on any atom is -0.207 e. The van der Waals surface area contributed by atoms with Crippen molar-refractivity contribution in [3.05, 3.63) is 65.5 Å². The van der Waals surface area contributed by atoms with Crippen molar-refractivity contribution < 1.29 is 4.39 Å². The van der Waals surface area contributed by atoms with Crippen molar-refractivity contribution in [1.29, 1.82) is 0 Å². The van der Waals surface area contributed by atoms with E-state index in [9.17, 15) is 4.39 Å². The van der Waals surface area contributed by atoms with Crippen molar-refractivity contribution in [1.82, 2.24) is 0 Å². The number of rotatable bonds is 1. The molecular formula is C15H11FS. The summed E-state index contributed by atoms with van der Waals surface area (Å²) in [5.41, 5.74) is 1.83. The van der Waals surface area contributed by atoms with Crippen LogP contribution in [0.25, 0.3) is 0 Å². The molecule has 0 saturated heterocycles. The Labute approximate surface area is 105 Å². The van der Waals surface area contributed by atoms with Crippen LogP contribution < -0.4 is 0 Å². The maximum atomic E-state index is 12.7. The lowest BCUT2D eigenvalue weighted by Gasteiger charge is -1.98. The normalized spacial score (nSPS) is 9.53. The molecule has 0 bridgehead atoms. The van der Waals surface area contributed by atoms with Crippen molar-refractivity contribution in [2.45, 2.75) is 4.90 Å². The summed E-state index contributed by atoms with van der Waals surface area (Å²) >= 11 is 1.67. The molecule has 0 unspecified atom stereocenters. The van der Waals surface area contributed by atoms with Crippen LogP contribution in [-0.2, 0) is 0 Å². The van der Waals surface area contributed by atoms with Crippen LogP contribution in [0.5, 0.6) is 0 Å². The molecule has 0 fully saturated rings. The zero-order chi connectivity index (χ0) is 12.1. The third-order valence-corrected chi connectivity index (χ3v) is 3.09. The Morgan fingerprint density at radius 1 is 0.941 bits per heavy atom. The number of hydrogen-bond acceptors (Lipinski definition) is 1. The molecule has 0 aliphatic heterocycles. The van der Waals surface area contributed by atoms with Crippen LogP contribution in [0, 0.1) is 17.7 Å². The fraction of sp³-hybridized carbons (Fsp3) is 0.0667. The van der Waals surface area contributed by atoms with Crippen LogP contribution >= 0.6 is 11.8 Å². The van der Waals surface area contributed by atoms with E-state index in [2.05, 4.69) is 11.8 Å². The van der Waals surface area contributed by atoms with Gasteiger partial charge in [-0.15, -0.1) is 11.8 Å². The standard InChI is InChI=1S/C15H11FS/c1-17-15-5-3-2-4-13(15)9-6-12-7-10-14(16)11-8-12/h2-5,7-8,10-11H,1H3. The van der Waals surface area contributed by atoms with E-state index >= 15 is 0 Å². The predicted molar refractivity (Wildman–Crippen MR) is 70.6 cm³/mol. The van der Waals surface area contributed by atoms with Crippen molar-refractivity contribution in [3.8, 4) is 11.8 Å². The topological polar surface area (TPSA) is 0 Å². The van der Waals surface area contributed by atoms with E-state index in [1.165, 1.54) is 12.1 Å². The number of benzene rings is 2. The van der Waals surface area contributed by atoms with Gasteiger partial charge in [0.05, 0.1) is 0 Å². The maximum absolute atomic E-state index is 12.7. The fourth-order valence-electron chi connectivity index (χ4n) is 1.42. The van der Waals surface area contributed by atoms with Gasteiger partial charge >= 0.3 is 0 Å². The Kier molecular flexibility index (Phi) is 3.85. The summed E-state index contributed by atoms with van der Waals surface area (Å²) in [7, 11) is 0. The first kappa shape index (κ1) is 11.8. The van der Waals surface area contributed by atoms with Crippen LogP contribution in [0.15, 0.2) is 53.4 Å². The highest BCUT2D eigenvalue weighted by Gasteiger charge is 1.95. The second kappa shape index (κ2) is 5.56. The van der Waals surface area contributed by atoms with Gasteiger partial charge in [0, 0.05) is 16.0 Å². The molecule has 2 heteroatoms. The van der Waals surface area contributed by atoms with Crippen LogP contribution in [0.3, 0.4) is 0 Å². The van der Waals surface area contributed by atoms with Crippen LogP contribution in [-0.4, -0.2) is 6.26 Å². The highest BCUT2D eigenvalue weighted by atomic mass is 32.2. The van der Waals surface area contributed by atoms with E-state index in [0.717, 1.165) is 16.0 Å². The van der Waals surface area contributed by atoms with Gasteiger partial charge in [-0.3, -0.25) is 0 Å². The van der Waals surface area contributed by atoms with Crippen molar-refractivity contribution in [2.75, 3.05) is 6.26 Å². The van der Waals surface area contributed by atoms with Gasteiger partial charge in [-0.2, -0.15) is 0 Å². The largest absolute Gasteiger partial charge is 0.207 e. The molecule has 2 aromatic carbocycles. The summed E-state index contributed by atoms with van der Waals surface area (Å²) in [4.78, 5) is 1.15. The predicted octanol–water partition coefficient (Wildman–Crippen LogP) is 3.95. The summed E-state index contributed by atoms with van der Waals surface area (Å²) in [6.07, 6.45) is 2.03. The Morgan fingerprint density at radius 2 is 1.65 bits per heavy atom. The molecule has 2 rings (SSSR count). The van der Waals surface area contributed by atoms with Crippen LogP contribution in [0.4, 0.5) is 4.39 Å². The third kappa shape index (κ3) is 3.12. The monoisotopic (exact) mass is 242 g/mol. The third-order valence-electron chi connectivity index (χ3n) is 2.29. The Balaban J connectivity index is 2.29. The van der Waals surface area contributed by atoms with Gasteiger partial charge in [0.15, 0.2) is 0 Å². The summed E-state index contributed by atoms with van der Waals surface area (Å²) in [5, 5.41) is 0. The fourth-order valence-corrected chi connectivity index (χ4v) is 1.97. The lowest BCUT2D eigenvalue weighted by molar-refractivity contribution is 0.627. The molecule has 0 N–H and O–H groups in total. The molecule has 0 amide bonds. The molecule has 0 aromatic heterocycles. The molecule has 0 radical (unpaired) electrons. The highest BCUT2D eigenvalue weighted by molar-refractivity contribution is 7.98. The number of thioether (sulfide) groups is 1. The van der Waals surface area contributed by atoms with E-state index in [4.69, 9.17) is 0 Å². The number of hydrogen-bond donors (Lipinski definition) is 0. The maximum Gasteiger partial charge on any atom is 0.123 e. The minimum absolute atomic E-state index is 0.236. The molecule has 84 valence electrons. The van der Waals surface area contributed by atoms with Crippen molar-refractivity contribution in [2.24, 2.45) is 0 Å². The van der Waals surface area contributed by atoms with Gasteiger partial charge in [0.1, 0.15) is 5.82 Å². The van der Waals surface area contributed by atoms with Gasteiger partial charge in [-0.25, -0.2) is 4.39 Å². The van der Waals surface area contributed by atoms with Gasteiger partial charge in [-0.1, -0.05) is 24.0 Å². The van der Waals surface area contributed by atoms with Crippen molar-refractivity contribution >= 4 is 11.8 Å². The molecule has 2 aromatic rings. The Hall–Kier alpha value is -1.72. The molecule has 0 spiro atoms. The van der Waals surface area contributed by atoms with Gasteiger partial charge in [0.25, 0.3) is 0 Å². The lowest BCUT2D eigenvalue weighted by atomic mass is 10.2. The van der Waals surface area contributed by atoms with E-state index in [1.54, 1.807) is 23.9 Å². The molecular weight excluding hydrogens is 231 g/mol. The SMILES string of the molecule is CSc1ccccc1C#Cc1ccc(F)cc1. The lowest BCUT2D eigenvalue weighted by Crippen LogP contribution is -1.80. The van der Waals surface area contributed by atoms with E-state index in [-0.39, 0.29) is 5.82 Å². The average Bonchev–Trinajstić information content (AvgIpc) is 2.38. The Bertz CT molecular complexity index is 561. The first-order valence-electron chi connectivity index (χ1n) is 5.20.